The second-order valence-electron chi connectivity index (χ2n) is 7.75. The Morgan fingerprint density at radius 2 is 1.49 bits per heavy atom. The van der Waals surface area contributed by atoms with Crippen LogP contribution in [0.15, 0.2) is 91.0 Å². The van der Waals surface area contributed by atoms with Gasteiger partial charge in [-0.3, -0.25) is 10.1 Å². The maximum Gasteiger partial charge on any atom is 0.323 e. The zero-order valence-corrected chi connectivity index (χ0v) is 18.9. The zero-order valence-electron chi connectivity index (χ0n) is 18.2. The van der Waals surface area contributed by atoms with Crippen molar-refractivity contribution >= 4 is 67.9 Å². The van der Waals surface area contributed by atoms with Gasteiger partial charge in [0.15, 0.2) is 0 Å². The van der Waals surface area contributed by atoms with Gasteiger partial charge < -0.3 is 16.0 Å². The lowest BCUT2D eigenvalue weighted by Crippen LogP contribution is -2.19. The summed E-state index contributed by atoms with van der Waals surface area (Å²) >= 11 is 5.95. The number of para-hydroxylation sites is 1. The van der Waals surface area contributed by atoms with E-state index in [1.165, 1.54) is 12.1 Å². The van der Waals surface area contributed by atoms with E-state index in [-0.39, 0.29) is 11.7 Å². The van der Waals surface area contributed by atoms with Gasteiger partial charge in [-0.25, -0.2) is 9.78 Å². The number of anilines is 4. The third kappa shape index (κ3) is 4.83. The van der Waals surface area contributed by atoms with E-state index in [9.17, 15) is 14.9 Å². The van der Waals surface area contributed by atoms with Crippen LogP contribution in [0.1, 0.15) is 0 Å². The molecule has 4 aromatic carbocycles. The van der Waals surface area contributed by atoms with Crippen LogP contribution in [0.5, 0.6) is 0 Å². The molecule has 0 saturated carbocycles. The Labute approximate surface area is 204 Å². The number of fused-ring (bicyclic) bond motifs is 2. The van der Waals surface area contributed by atoms with Crippen molar-refractivity contribution in [2.75, 3.05) is 16.0 Å². The van der Waals surface area contributed by atoms with Crippen LogP contribution in [-0.4, -0.2) is 15.9 Å². The van der Waals surface area contributed by atoms with Crippen molar-refractivity contribution in [3.63, 3.8) is 0 Å². The first-order chi connectivity index (χ1) is 17.0. The third-order valence-corrected chi connectivity index (χ3v) is 5.61. The molecule has 2 amide bonds. The number of non-ortho nitro benzene ring substituents is 1. The topological polar surface area (TPSA) is 109 Å². The van der Waals surface area contributed by atoms with Gasteiger partial charge >= 0.3 is 6.03 Å². The molecule has 0 aliphatic carbocycles. The second kappa shape index (κ2) is 9.28. The monoisotopic (exact) mass is 483 g/mol. The molecule has 172 valence electrons. The number of nitro benzene ring substituents is 1. The molecule has 1 heterocycles. The molecule has 5 rings (SSSR count). The molecule has 9 heteroatoms. The highest BCUT2D eigenvalue weighted by atomic mass is 35.5. The van der Waals surface area contributed by atoms with Crippen LogP contribution >= 0.6 is 11.6 Å². The summed E-state index contributed by atoms with van der Waals surface area (Å²) in [6.07, 6.45) is 0. The molecule has 5 aromatic rings. The van der Waals surface area contributed by atoms with Crippen molar-refractivity contribution in [1.29, 1.82) is 0 Å². The molecule has 0 atom stereocenters. The maximum atomic E-state index is 12.3. The molecule has 8 nitrogen and oxygen atoms in total. The van der Waals surface area contributed by atoms with Crippen molar-refractivity contribution in [2.45, 2.75) is 0 Å². The third-order valence-electron chi connectivity index (χ3n) is 5.37. The molecule has 1 aromatic heterocycles. The first-order valence-corrected chi connectivity index (χ1v) is 11.0. The number of nitro groups is 1. The average molecular weight is 484 g/mol. The number of aromatic nitrogens is 1. The highest BCUT2D eigenvalue weighted by Crippen LogP contribution is 2.34. The number of halogens is 1. The van der Waals surface area contributed by atoms with E-state index in [0.29, 0.717) is 21.9 Å². The number of carbonyl (C=O) groups excluding carboxylic acids is 1. The Kier molecular flexibility index (Phi) is 5.87. The number of benzene rings is 4. The predicted molar refractivity (Wildman–Crippen MR) is 140 cm³/mol. The number of hydrogen-bond acceptors (Lipinski definition) is 5. The average Bonchev–Trinajstić information content (AvgIpc) is 2.84. The van der Waals surface area contributed by atoms with Crippen molar-refractivity contribution in [3.8, 4) is 0 Å². The highest BCUT2D eigenvalue weighted by Gasteiger charge is 2.13. The van der Waals surface area contributed by atoms with Crippen LogP contribution in [0.25, 0.3) is 21.8 Å². The van der Waals surface area contributed by atoms with E-state index < -0.39 is 4.92 Å². The van der Waals surface area contributed by atoms with E-state index >= 15 is 0 Å². The molecule has 3 N–H and O–H groups in total. The smallest absolute Gasteiger partial charge is 0.323 e. The fourth-order valence-corrected chi connectivity index (χ4v) is 3.96. The Morgan fingerprint density at radius 3 is 2.26 bits per heavy atom. The molecule has 0 spiro atoms. The Balaban J connectivity index is 1.40. The van der Waals surface area contributed by atoms with E-state index in [1.54, 1.807) is 42.5 Å². The Morgan fingerprint density at radius 1 is 0.771 bits per heavy atom. The minimum absolute atomic E-state index is 0.0160. The van der Waals surface area contributed by atoms with Crippen LogP contribution in [-0.2, 0) is 0 Å². The largest absolute Gasteiger partial charge is 0.354 e. The first-order valence-electron chi connectivity index (χ1n) is 10.6. The summed E-state index contributed by atoms with van der Waals surface area (Å²) in [5.41, 5.74) is 4.00. The van der Waals surface area contributed by atoms with Crippen molar-refractivity contribution < 1.29 is 9.72 Å². The van der Waals surface area contributed by atoms with Gasteiger partial charge in [0.05, 0.1) is 21.6 Å². The second-order valence-corrected chi connectivity index (χ2v) is 8.19. The molecule has 0 aliphatic rings. The van der Waals surface area contributed by atoms with Crippen molar-refractivity contribution in [2.24, 2.45) is 0 Å². The van der Waals surface area contributed by atoms with Crippen LogP contribution in [0.3, 0.4) is 0 Å². The highest BCUT2D eigenvalue weighted by molar-refractivity contribution is 6.30. The SMILES string of the molecule is O=C(Nc1ccc(Nc2c3ccccc3nc3cc([N+](=O)[O-])ccc23)cc1)Nc1cccc(Cl)c1. The van der Waals surface area contributed by atoms with E-state index in [4.69, 9.17) is 11.6 Å². The van der Waals surface area contributed by atoms with E-state index in [1.807, 2.05) is 36.4 Å². The quantitative estimate of drug-likeness (QED) is 0.138. The van der Waals surface area contributed by atoms with Gasteiger partial charge in [-0.1, -0.05) is 35.9 Å². The van der Waals surface area contributed by atoms with E-state index in [0.717, 1.165) is 27.7 Å². The minimum atomic E-state index is -0.433. The number of carbonyl (C=O) groups is 1. The normalized spacial score (nSPS) is 10.8. The summed E-state index contributed by atoms with van der Waals surface area (Å²) in [4.78, 5) is 27.7. The van der Waals surface area contributed by atoms with Gasteiger partial charge in [0.25, 0.3) is 5.69 Å². The van der Waals surface area contributed by atoms with Crippen LogP contribution in [0, 0.1) is 10.1 Å². The maximum absolute atomic E-state index is 12.3. The fourth-order valence-electron chi connectivity index (χ4n) is 3.77. The zero-order chi connectivity index (χ0) is 24.4. The minimum Gasteiger partial charge on any atom is -0.354 e. The van der Waals surface area contributed by atoms with Gasteiger partial charge in [-0.05, 0) is 54.6 Å². The summed E-state index contributed by atoms with van der Waals surface area (Å²) in [7, 11) is 0. The number of hydrogen-bond donors (Lipinski definition) is 3. The summed E-state index contributed by atoms with van der Waals surface area (Å²) in [5.74, 6) is 0. The van der Waals surface area contributed by atoms with E-state index in [2.05, 4.69) is 20.9 Å². The molecule has 35 heavy (non-hydrogen) atoms. The van der Waals surface area contributed by atoms with Crippen LogP contribution in [0.2, 0.25) is 5.02 Å². The lowest BCUT2D eigenvalue weighted by Gasteiger charge is -2.14. The number of amides is 2. The first kappa shape index (κ1) is 22.1. The number of pyridine rings is 1. The molecule has 0 aliphatic heterocycles. The summed E-state index contributed by atoms with van der Waals surface area (Å²) in [6.45, 7) is 0. The Hall–Kier alpha value is -4.69. The summed E-state index contributed by atoms with van der Waals surface area (Å²) in [5, 5.41) is 22.3. The fraction of sp³-hybridized carbons (Fsp3) is 0. The van der Waals surface area contributed by atoms with Gasteiger partial charge in [-0.15, -0.1) is 0 Å². The number of nitrogens with one attached hydrogen (secondary N) is 3. The van der Waals surface area contributed by atoms with Gasteiger partial charge in [-0.2, -0.15) is 0 Å². The number of urea groups is 1. The Bertz CT molecular complexity index is 1590. The standard InChI is InChI=1S/C26H18ClN5O3/c27-16-4-3-5-19(14-16)30-26(33)29-18-10-8-17(9-11-18)28-25-21-6-1-2-7-23(21)31-24-15-20(32(34)35)12-13-22(24)25/h1-15H,(H,28,31)(H2,29,30,33). The van der Waals surface area contributed by atoms with Gasteiger partial charge in [0.1, 0.15) is 0 Å². The van der Waals surface area contributed by atoms with Crippen molar-refractivity contribution in [1.82, 2.24) is 4.98 Å². The van der Waals surface area contributed by atoms with Gasteiger partial charge in [0, 0.05) is 45.0 Å². The number of rotatable bonds is 5. The molecule has 0 fully saturated rings. The molecule has 0 bridgehead atoms. The molecular weight excluding hydrogens is 466 g/mol. The van der Waals surface area contributed by atoms with Crippen LogP contribution in [0.4, 0.5) is 33.2 Å². The summed E-state index contributed by atoms with van der Waals surface area (Å²) in [6, 6.07) is 26.0. The van der Waals surface area contributed by atoms with Crippen LogP contribution < -0.4 is 16.0 Å². The lowest BCUT2D eigenvalue weighted by atomic mass is 10.1. The van der Waals surface area contributed by atoms with Gasteiger partial charge in [0.2, 0.25) is 0 Å². The lowest BCUT2D eigenvalue weighted by molar-refractivity contribution is -0.384. The molecule has 0 saturated heterocycles. The van der Waals surface area contributed by atoms with Crippen molar-refractivity contribution in [3.05, 3.63) is 106 Å². The molecular formula is C26H18ClN5O3. The summed E-state index contributed by atoms with van der Waals surface area (Å²) < 4.78 is 0. The predicted octanol–water partition coefficient (Wildman–Crippen LogP) is 7.34. The number of nitrogens with zero attached hydrogens (tertiary/aromatic N) is 2. The molecule has 0 radical (unpaired) electrons. The molecule has 0 unspecified atom stereocenters.